The van der Waals surface area contributed by atoms with E-state index in [1.54, 1.807) is 6.08 Å². The summed E-state index contributed by atoms with van der Waals surface area (Å²) in [5.41, 5.74) is 3.95. The maximum Gasteiger partial charge on any atom is 0.258 e. The number of pyridine rings is 1. The molecule has 1 N–H and O–H groups in total. The number of hydrogen-bond donors (Lipinski definition) is 1. The SMILES string of the molecule is O=C(/C=C/c1cc2cccc3c2n(c1=O)CC3)NCCc1ccccc1. The van der Waals surface area contributed by atoms with Gasteiger partial charge in [0.2, 0.25) is 5.91 Å². The summed E-state index contributed by atoms with van der Waals surface area (Å²) in [5, 5.41) is 3.91. The van der Waals surface area contributed by atoms with Crippen LogP contribution in [0, 0.1) is 0 Å². The molecule has 1 aliphatic heterocycles. The van der Waals surface area contributed by atoms with Gasteiger partial charge in [0, 0.05) is 24.7 Å². The molecule has 0 aliphatic carbocycles. The molecule has 1 aliphatic rings. The van der Waals surface area contributed by atoms with E-state index in [2.05, 4.69) is 11.4 Å². The van der Waals surface area contributed by atoms with Crippen molar-refractivity contribution in [2.24, 2.45) is 0 Å². The Bertz CT molecular complexity index is 1050. The number of hydrogen-bond acceptors (Lipinski definition) is 2. The lowest BCUT2D eigenvalue weighted by molar-refractivity contribution is -0.116. The Morgan fingerprint density at radius 2 is 1.96 bits per heavy atom. The van der Waals surface area contributed by atoms with Crippen LogP contribution in [0.3, 0.4) is 0 Å². The first-order chi connectivity index (χ1) is 12.7. The van der Waals surface area contributed by atoms with Gasteiger partial charge >= 0.3 is 0 Å². The van der Waals surface area contributed by atoms with E-state index < -0.39 is 0 Å². The summed E-state index contributed by atoms with van der Waals surface area (Å²) in [6, 6.07) is 18.0. The van der Waals surface area contributed by atoms with Gasteiger partial charge in [-0.15, -0.1) is 0 Å². The van der Waals surface area contributed by atoms with Crippen LogP contribution in [0.1, 0.15) is 16.7 Å². The maximum atomic E-state index is 12.6. The quantitative estimate of drug-likeness (QED) is 0.724. The van der Waals surface area contributed by atoms with Gasteiger partial charge in [0.1, 0.15) is 0 Å². The Hall–Kier alpha value is -3.14. The standard InChI is InChI=1S/C22H20N2O2/c25-20(23-13-11-16-5-2-1-3-6-16)10-9-19-15-18-8-4-7-17-12-14-24(21(17)18)22(19)26/h1-10,15H,11-14H2,(H,23,25)/b10-9+. The predicted octanol–water partition coefficient (Wildman–Crippen LogP) is 2.93. The van der Waals surface area contributed by atoms with Gasteiger partial charge in [0.05, 0.1) is 5.52 Å². The fourth-order valence-electron chi connectivity index (χ4n) is 3.51. The van der Waals surface area contributed by atoms with Crippen LogP contribution in [0.25, 0.3) is 17.0 Å². The third-order valence-corrected chi connectivity index (χ3v) is 4.80. The molecular formula is C22H20N2O2. The van der Waals surface area contributed by atoms with Crippen molar-refractivity contribution in [1.29, 1.82) is 0 Å². The van der Waals surface area contributed by atoms with Crippen LogP contribution >= 0.6 is 0 Å². The summed E-state index contributed by atoms with van der Waals surface area (Å²) >= 11 is 0. The molecule has 2 aromatic carbocycles. The van der Waals surface area contributed by atoms with E-state index in [0.717, 1.165) is 23.7 Å². The molecule has 4 heteroatoms. The smallest absolute Gasteiger partial charge is 0.258 e. The lowest BCUT2D eigenvalue weighted by Gasteiger charge is -2.06. The van der Waals surface area contributed by atoms with Crippen molar-refractivity contribution in [2.45, 2.75) is 19.4 Å². The number of nitrogens with one attached hydrogen (secondary N) is 1. The minimum Gasteiger partial charge on any atom is -0.352 e. The van der Waals surface area contributed by atoms with Gasteiger partial charge in [-0.3, -0.25) is 9.59 Å². The van der Waals surface area contributed by atoms with Crippen LogP contribution in [0.4, 0.5) is 0 Å². The number of aromatic nitrogens is 1. The summed E-state index contributed by atoms with van der Waals surface area (Å²) in [6.45, 7) is 1.28. The zero-order valence-corrected chi connectivity index (χ0v) is 14.4. The van der Waals surface area contributed by atoms with Crippen LogP contribution in [0.2, 0.25) is 0 Å². The number of aryl methyl sites for hydroxylation is 2. The number of rotatable bonds is 5. The number of benzene rings is 2. The second-order valence-corrected chi connectivity index (χ2v) is 6.52. The normalized spacial score (nSPS) is 12.8. The third-order valence-electron chi connectivity index (χ3n) is 4.80. The van der Waals surface area contributed by atoms with E-state index in [4.69, 9.17) is 0 Å². The van der Waals surface area contributed by atoms with Crippen molar-refractivity contribution in [3.8, 4) is 0 Å². The molecule has 0 fully saturated rings. The van der Waals surface area contributed by atoms with E-state index in [-0.39, 0.29) is 11.5 Å². The molecule has 2 heterocycles. The van der Waals surface area contributed by atoms with E-state index in [1.165, 1.54) is 17.2 Å². The first-order valence-corrected chi connectivity index (χ1v) is 8.88. The Morgan fingerprint density at radius 3 is 2.81 bits per heavy atom. The van der Waals surface area contributed by atoms with Gasteiger partial charge < -0.3 is 9.88 Å². The van der Waals surface area contributed by atoms with Crippen molar-refractivity contribution in [2.75, 3.05) is 6.54 Å². The number of nitrogens with zero attached hydrogens (tertiary/aromatic N) is 1. The monoisotopic (exact) mass is 344 g/mol. The summed E-state index contributed by atoms with van der Waals surface area (Å²) in [5.74, 6) is -0.185. The van der Waals surface area contributed by atoms with Gasteiger partial charge in [-0.05, 0) is 41.5 Å². The molecule has 0 saturated carbocycles. The van der Waals surface area contributed by atoms with Crippen molar-refractivity contribution in [3.05, 3.63) is 87.7 Å². The Balaban J connectivity index is 1.46. The van der Waals surface area contributed by atoms with Crippen LogP contribution in [0.5, 0.6) is 0 Å². The molecule has 26 heavy (non-hydrogen) atoms. The topological polar surface area (TPSA) is 51.1 Å². The van der Waals surface area contributed by atoms with Gasteiger partial charge in [0.15, 0.2) is 0 Å². The average Bonchev–Trinajstić information content (AvgIpc) is 3.10. The summed E-state index contributed by atoms with van der Waals surface area (Å²) in [6.07, 6.45) is 4.74. The van der Waals surface area contributed by atoms with Crippen LogP contribution in [-0.4, -0.2) is 17.0 Å². The van der Waals surface area contributed by atoms with Gasteiger partial charge in [-0.1, -0.05) is 48.5 Å². The Labute approximate surface area is 151 Å². The van der Waals surface area contributed by atoms with Crippen molar-refractivity contribution < 1.29 is 4.79 Å². The minimum absolute atomic E-state index is 0.0317. The van der Waals surface area contributed by atoms with Gasteiger partial charge in [0.25, 0.3) is 5.56 Å². The zero-order valence-electron chi connectivity index (χ0n) is 14.4. The first-order valence-electron chi connectivity index (χ1n) is 8.88. The lowest BCUT2D eigenvalue weighted by atomic mass is 10.1. The highest BCUT2D eigenvalue weighted by molar-refractivity contribution is 5.92. The highest BCUT2D eigenvalue weighted by Crippen LogP contribution is 2.24. The molecule has 1 amide bonds. The molecule has 0 bridgehead atoms. The molecule has 0 unspecified atom stereocenters. The van der Waals surface area contributed by atoms with Gasteiger partial charge in [-0.2, -0.15) is 0 Å². The predicted molar refractivity (Wildman–Crippen MR) is 104 cm³/mol. The second-order valence-electron chi connectivity index (χ2n) is 6.52. The van der Waals surface area contributed by atoms with Gasteiger partial charge in [-0.25, -0.2) is 0 Å². The van der Waals surface area contributed by atoms with E-state index >= 15 is 0 Å². The van der Waals surface area contributed by atoms with Crippen molar-refractivity contribution in [1.82, 2.24) is 9.88 Å². The number of carbonyl (C=O) groups excluding carboxylic acids is 1. The third kappa shape index (κ3) is 3.18. The Kier molecular flexibility index (Phi) is 4.40. The lowest BCUT2D eigenvalue weighted by Crippen LogP contribution is -2.24. The molecule has 4 rings (SSSR count). The number of amides is 1. The highest BCUT2D eigenvalue weighted by Gasteiger charge is 2.16. The van der Waals surface area contributed by atoms with E-state index in [0.29, 0.717) is 18.7 Å². The molecule has 0 radical (unpaired) electrons. The summed E-state index contributed by atoms with van der Waals surface area (Å²) in [4.78, 5) is 24.7. The molecular weight excluding hydrogens is 324 g/mol. The number of carbonyl (C=O) groups is 1. The largest absolute Gasteiger partial charge is 0.352 e. The summed E-state index contributed by atoms with van der Waals surface area (Å²) < 4.78 is 1.82. The first kappa shape index (κ1) is 16.3. The average molecular weight is 344 g/mol. The fourth-order valence-corrected chi connectivity index (χ4v) is 3.51. The molecule has 0 saturated heterocycles. The van der Waals surface area contributed by atoms with E-state index in [1.807, 2.05) is 53.1 Å². The second kappa shape index (κ2) is 7.00. The Morgan fingerprint density at radius 1 is 1.12 bits per heavy atom. The van der Waals surface area contributed by atoms with Crippen LogP contribution in [0.15, 0.2) is 65.5 Å². The summed E-state index contributed by atoms with van der Waals surface area (Å²) in [7, 11) is 0. The van der Waals surface area contributed by atoms with E-state index in [9.17, 15) is 9.59 Å². The fraction of sp³-hybridized carbons (Fsp3) is 0.182. The number of para-hydroxylation sites is 1. The maximum absolute atomic E-state index is 12.6. The molecule has 4 nitrogen and oxygen atoms in total. The molecule has 0 atom stereocenters. The molecule has 0 spiro atoms. The van der Waals surface area contributed by atoms with Crippen molar-refractivity contribution in [3.63, 3.8) is 0 Å². The zero-order chi connectivity index (χ0) is 17.9. The molecule has 1 aromatic heterocycles. The molecule has 3 aromatic rings. The molecule has 130 valence electrons. The van der Waals surface area contributed by atoms with Crippen LogP contribution < -0.4 is 10.9 Å². The minimum atomic E-state index is -0.185. The van der Waals surface area contributed by atoms with Crippen molar-refractivity contribution >= 4 is 22.9 Å². The highest BCUT2D eigenvalue weighted by atomic mass is 16.1. The van der Waals surface area contributed by atoms with Crippen LogP contribution in [-0.2, 0) is 24.2 Å².